The van der Waals surface area contributed by atoms with E-state index in [2.05, 4.69) is 17.4 Å². The van der Waals surface area contributed by atoms with Crippen molar-refractivity contribution in [3.8, 4) is 11.5 Å². The summed E-state index contributed by atoms with van der Waals surface area (Å²) >= 11 is 1.65. The van der Waals surface area contributed by atoms with Crippen LogP contribution in [0.5, 0.6) is 0 Å². The first kappa shape index (κ1) is 17.4. The molecule has 1 N–H and O–H groups in total. The van der Waals surface area contributed by atoms with Gasteiger partial charge in [-0.25, -0.2) is 0 Å². The van der Waals surface area contributed by atoms with Crippen molar-refractivity contribution >= 4 is 28.6 Å². The van der Waals surface area contributed by atoms with Crippen molar-refractivity contribution in [2.24, 2.45) is 0 Å². The summed E-state index contributed by atoms with van der Waals surface area (Å²) in [6.07, 6.45) is 0. The Labute approximate surface area is 160 Å². The van der Waals surface area contributed by atoms with Crippen molar-refractivity contribution in [3.63, 3.8) is 0 Å². The normalized spacial score (nSPS) is 11.0. The predicted octanol–water partition coefficient (Wildman–Crippen LogP) is 5.13. The maximum absolute atomic E-state index is 12.5. The van der Waals surface area contributed by atoms with Crippen LogP contribution in [0.1, 0.15) is 23.0 Å². The highest BCUT2D eigenvalue weighted by Crippen LogP contribution is 2.28. The largest absolute Gasteiger partial charge is 0.453 e. The molecule has 2 aromatic heterocycles. The van der Waals surface area contributed by atoms with E-state index < -0.39 is 0 Å². The molecule has 2 aromatic carbocycles. The second kappa shape index (κ2) is 7.72. The summed E-state index contributed by atoms with van der Waals surface area (Å²) in [6.45, 7) is 2.35. The van der Waals surface area contributed by atoms with Crippen molar-refractivity contribution in [2.75, 3.05) is 5.75 Å². The van der Waals surface area contributed by atoms with Crippen LogP contribution in [-0.2, 0) is 6.54 Å². The second-order valence-corrected chi connectivity index (χ2v) is 7.25. The number of carbonyl (C=O) groups is 1. The van der Waals surface area contributed by atoms with Gasteiger partial charge >= 0.3 is 0 Å². The molecular weight excluding hydrogens is 360 g/mol. The summed E-state index contributed by atoms with van der Waals surface area (Å²) in [4.78, 5) is 13.5. The monoisotopic (exact) mass is 378 g/mol. The van der Waals surface area contributed by atoms with E-state index in [1.54, 1.807) is 17.8 Å². The molecule has 0 spiro atoms. The molecule has 0 unspecified atom stereocenters. The third-order valence-electron chi connectivity index (χ3n) is 4.09. The molecular formula is C21H18N2O3S. The smallest absolute Gasteiger partial charge is 0.252 e. The van der Waals surface area contributed by atoms with Crippen molar-refractivity contribution in [1.29, 1.82) is 0 Å². The van der Waals surface area contributed by atoms with Gasteiger partial charge in [0.1, 0.15) is 11.3 Å². The van der Waals surface area contributed by atoms with Crippen molar-refractivity contribution in [1.82, 2.24) is 10.5 Å². The van der Waals surface area contributed by atoms with Gasteiger partial charge in [0, 0.05) is 16.3 Å². The average Bonchev–Trinajstić information content (AvgIpc) is 3.33. The Morgan fingerprint density at radius 2 is 1.89 bits per heavy atom. The predicted molar refractivity (Wildman–Crippen MR) is 106 cm³/mol. The molecule has 5 nitrogen and oxygen atoms in total. The van der Waals surface area contributed by atoms with Crippen LogP contribution in [0.3, 0.4) is 0 Å². The number of furan rings is 1. The number of nitrogens with one attached hydrogen (secondary N) is 1. The van der Waals surface area contributed by atoms with E-state index >= 15 is 0 Å². The molecule has 136 valence electrons. The van der Waals surface area contributed by atoms with Crippen LogP contribution in [0.4, 0.5) is 0 Å². The van der Waals surface area contributed by atoms with Crippen molar-refractivity contribution in [3.05, 3.63) is 71.9 Å². The van der Waals surface area contributed by atoms with Gasteiger partial charge in [-0.3, -0.25) is 4.79 Å². The number of benzene rings is 2. The first-order valence-electron chi connectivity index (χ1n) is 8.69. The van der Waals surface area contributed by atoms with Crippen molar-refractivity contribution < 1.29 is 13.7 Å². The molecule has 0 saturated carbocycles. The molecule has 1 amide bonds. The third kappa shape index (κ3) is 3.75. The molecule has 27 heavy (non-hydrogen) atoms. The van der Waals surface area contributed by atoms with Gasteiger partial charge in [0.15, 0.2) is 5.76 Å². The Hall–Kier alpha value is -2.99. The minimum absolute atomic E-state index is 0.125. The lowest BCUT2D eigenvalue weighted by atomic mass is 10.2. The number of hydrogen-bond donors (Lipinski definition) is 1. The summed E-state index contributed by atoms with van der Waals surface area (Å²) < 4.78 is 11.2. The fourth-order valence-corrected chi connectivity index (χ4v) is 3.62. The van der Waals surface area contributed by atoms with E-state index in [0.29, 0.717) is 22.8 Å². The van der Waals surface area contributed by atoms with Crippen LogP contribution in [0.15, 0.2) is 74.5 Å². The number of nitrogens with zero attached hydrogens (tertiary/aromatic N) is 1. The molecule has 0 aliphatic heterocycles. The minimum Gasteiger partial charge on any atom is -0.453 e. The van der Waals surface area contributed by atoms with E-state index in [0.717, 1.165) is 21.6 Å². The quantitative estimate of drug-likeness (QED) is 0.471. The van der Waals surface area contributed by atoms with Crippen LogP contribution in [0.2, 0.25) is 0 Å². The summed E-state index contributed by atoms with van der Waals surface area (Å²) in [5, 5.41) is 7.94. The summed E-state index contributed by atoms with van der Waals surface area (Å²) in [7, 11) is 0. The van der Waals surface area contributed by atoms with Gasteiger partial charge in [0.05, 0.1) is 12.1 Å². The number of amides is 1. The molecule has 0 atom stereocenters. The highest BCUT2D eigenvalue weighted by atomic mass is 32.2. The topological polar surface area (TPSA) is 68.3 Å². The standard InChI is InChI=1S/C21H18N2O3S/c1-2-27-20-10-6-4-8-16(20)21(24)22-13-15-12-19(26-23-15)18-11-14-7-3-5-9-17(14)25-18/h3-12H,2,13H2,1H3,(H,22,24). The lowest BCUT2D eigenvalue weighted by Crippen LogP contribution is -2.23. The summed E-state index contributed by atoms with van der Waals surface area (Å²) in [5.41, 5.74) is 2.11. The van der Waals surface area contributed by atoms with E-state index in [9.17, 15) is 4.79 Å². The average molecular weight is 378 g/mol. The first-order valence-corrected chi connectivity index (χ1v) is 9.67. The van der Waals surface area contributed by atoms with E-state index in [-0.39, 0.29) is 12.5 Å². The Kier molecular flexibility index (Phi) is 4.98. The Balaban J connectivity index is 1.46. The second-order valence-electron chi connectivity index (χ2n) is 5.94. The molecule has 0 bridgehead atoms. The summed E-state index contributed by atoms with van der Waals surface area (Å²) in [5.74, 6) is 1.94. The molecule has 0 radical (unpaired) electrons. The zero-order chi connectivity index (χ0) is 18.6. The van der Waals surface area contributed by atoms with Gasteiger partial charge in [-0.2, -0.15) is 0 Å². The fraction of sp³-hybridized carbons (Fsp3) is 0.143. The highest BCUT2D eigenvalue weighted by molar-refractivity contribution is 7.99. The Morgan fingerprint density at radius 3 is 2.74 bits per heavy atom. The first-order chi connectivity index (χ1) is 13.2. The maximum atomic E-state index is 12.5. The highest BCUT2D eigenvalue weighted by Gasteiger charge is 2.14. The molecule has 4 aromatic rings. The number of hydrogen-bond acceptors (Lipinski definition) is 5. The van der Waals surface area contributed by atoms with Crippen LogP contribution < -0.4 is 5.32 Å². The molecule has 0 aliphatic rings. The van der Waals surface area contributed by atoms with Crippen LogP contribution in [0, 0.1) is 0 Å². The zero-order valence-corrected chi connectivity index (χ0v) is 15.6. The lowest BCUT2D eigenvalue weighted by molar-refractivity contribution is 0.0947. The zero-order valence-electron chi connectivity index (χ0n) is 14.8. The van der Waals surface area contributed by atoms with Gasteiger partial charge < -0.3 is 14.3 Å². The molecule has 6 heteroatoms. The fourth-order valence-electron chi connectivity index (χ4n) is 2.82. The molecule has 2 heterocycles. The summed E-state index contributed by atoms with van der Waals surface area (Å²) in [6, 6.07) is 19.0. The van der Waals surface area contributed by atoms with Gasteiger partial charge in [0.25, 0.3) is 5.91 Å². The van der Waals surface area contributed by atoms with E-state index in [1.165, 1.54) is 0 Å². The number of thioether (sulfide) groups is 1. The molecule has 0 fully saturated rings. The number of fused-ring (bicyclic) bond motifs is 1. The third-order valence-corrected chi connectivity index (χ3v) is 5.04. The van der Waals surface area contributed by atoms with Gasteiger partial charge in [-0.15, -0.1) is 11.8 Å². The van der Waals surface area contributed by atoms with E-state index in [4.69, 9.17) is 8.94 Å². The number of rotatable bonds is 6. The molecule has 0 saturated heterocycles. The Bertz CT molecular complexity index is 1050. The van der Waals surface area contributed by atoms with Crippen LogP contribution >= 0.6 is 11.8 Å². The maximum Gasteiger partial charge on any atom is 0.252 e. The van der Waals surface area contributed by atoms with Gasteiger partial charge in [-0.1, -0.05) is 42.4 Å². The number of para-hydroxylation sites is 1. The van der Waals surface area contributed by atoms with Gasteiger partial charge in [-0.05, 0) is 30.0 Å². The minimum atomic E-state index is -0.125. The number of carbonyl (C=O) groups excluding carboxylic acids is 1. The van der Waals surface area contributed by atoms with Gasteiger partial charge in [0.2, 0.25) is 5.76 Å². The SMILES string of the molecule is CCSc1ccccc1C(=O)NCc1cc(-c2cc3ccccc3o2)on1. The lowest BCUT2D eigenvalue weighted by Gasteiger charge is -2.07. The Morgan fingerprint density at radius 1 is 1.07 bits per heavy atom. The molecule has 0 aliphatic carbocycles. The van der Waals surface area contributed by atoms with E-state index in [1.807, 2.05) is 54.6 Å². The van der Waals surface area contributed by atoms with Crippen LogP contribution in [0.25, 0.3) is 22.5 Å². The van der Waals surface area contributed by atoms with Crippen molar-refractivity contribution in [2.45, 2.75) is 18.4 Å². The number of aromatic nitrogens is 1. The van der Waals surface area contributed by atoms with Crippen LogP contribution in [-0.4, -0.2) is 16.8 Å². The molecule has 4 rings (SSSR count).